The van der Waals surface area contributed by atoms with Crippen molar-refractivity contribution < 1.29 is 13.2 Å². The first-order chi connectivity index (χ1) is 14.2. The third-order valence-corrected chi connectivity index (χ3v) is 8.43. The van der Waals surface area contributed by atoms with Crippen LogP contribution in [0.5, 0.6) is 0 Å². The van der Waals surface area contributed by atoms with Crippen LogP contribution in [0.25, 0.3) is 10.2 Å². The van der Waals surface area contributed by atoms with Crippen molar-refractivity contribution in [3.8, 4) is 0 Å². The van der Waals surface area contributed by atoms with E-state index in [1.807, 2.05) is 19.1 Å². The number of nitrogens with zero attached hydrogens (tertiary/aromatic N) is 1. The first-order valence-corrected chi connectivity index (χ1v) is 12.0. The summed E-state index contributed by atoms with van der Waals surface area (Å²) in [6.07, 6.45) is 1.09. The van der Waals surface area contributed by atoms with E-state index in [2.05, 4.69) is 10.3 Å². The van der Waals surface area contributed by atoms with Crippen molar-refractivity contribution in [2.24, 2.45) is 0 Å². The number of benzene rings is 2. The molecule has 1 aliphatic heterocycles. The standard InChI is InChI=1S/C21H23N3O4S2/c1-12-9-13(2)19(14(3)10-12)30(27,28)24-8-4-5-17(24)20(25)22-15-6-7-16-18(11-15)29-21(26)23-16/h6-7,9-11,17H,4-5,8H2,1-3H3,(H,22,25)(H,23,26). The van der Waals surface area contributed by atoms with Gasteiger partial charge in [0.2, 0.25) is 15.9 Å². The number of rotatable bonds is 4. The Kier molecular flexibility index (Phi) is 5.29. The van der Waals surface area contributed by atoms with E-state index in [-0.39, 0.29) is 15.7 Å². The minimum absolute atomic E-state index is 0.162. The van der Waals surface area contributed by atoms with E-state index in [9.17, 15) is 18.0 Å². The molecule has 7 nitrogen and oxygen atoms in total. The first kappa shape index (κ1) is 20.8. The number of carbonyl (C=O) groups excluding carboxylic acids is 1. The summed E-state index contributed by atoms with van der Waals surface area (Å²) in [5, 5.41) is 2.82. The molecule has 9 heteroatoms. The lowest BCUT2D eigenvalue weighted by molar-refractivity contribution is -0.119. The van der Waals surface area contributed by atoms with Crippen molar-refractivity contribution in [2.75, 3.05) is 11.9 Å². The summed E-state index contributed by atoms with van der Waals surface area (Å²) < 4.78 is 28.9. The molecule has 1 aliphatic rings. The fraction of sp³-hybridized carbons (Fsp3) is 0.333. The summed E-state index contributed by atoms with van der Waals surface area (Å²) in [4.78, 5) is 27.3. The van der Waals surface area contributed by atoms with Crippen molar-refractivity contribution in [2.45, 2.75) is 44.6 Å². The van der Waals surface area contributed by atoms with Crippen molar-refractivity contribution in [3.05, 3.63) is 56.7 Å². The zero-order chi connectivity index (χ0) is 21.6. The lowest BCUT2D eigenvalue weighted by atomic mass is 10.1. The molecular formula is C21H23N3O4S2. The quantitative estimate of drug-likeness (QED) is 0.644. The maximum atomic E-state index is 13.4. The number of aromatic nitrogens is 1. The summed E-state index contributed by atoms with van der Waals surface area (Å²) in [6.45, 7) is 5.82. The molecule has 1 unspecified atom stereocenters. The number of thiazole rings is 1. The summed E-state index contributed by atoms with van der Waals surface area (Å²) >= 11 is 1.06. The van der Waals surface area contributed by atoms with Crippen LogP contribution in [0.3, 0.4) is 0 Å². The van der Waals surface area contributed by atoms with Gasteiger partial charge in [-0.3, -0.25) is 9.59 Å². The van der Waals surface area contributed by atoms with E-state index in [0.29, 0.717) is 41.7 Å². The summed E-state index contributed by atoms with van der Waals surface area (Å²) in [7, 11) is -3.81. The average Bonchev–Trinajstić information content (AvgIpc) is 3.26. The SMILES string of the molecule is Cc1cc(C)c(S(=O)(=O)N2CCCC2C(=O)Nc2ccc3[nH]c(=O)sc3c2)c(C)c1. The van der Waals surface area contributed by atoms with E-state index in [4.69, 9.17) is 0 Å². The van der Waals surface area contributed by atoms with E-state index in [0.717, 1.165) is 21.6 Å². The molecule has 4 rings (SSSR count). The number of aryl methyl sites for hydroxylation is 3. The molecule has 158 valence electrons. The Morgan fingerprint density at radius 3 is 2.57 bits per heavy atom. The van der Waals surface area contributed by atoms with Gasteiger partial charge in [0.25, 0.3) is 0 Å². The number of fused-ring (bicyclic) bond motifs is 1. The van der Waals surface area contributed by atoms with Crippen LogP contribution < -0.4 is 10.2 Å². The van der Waals surface area contributed by atoms with Crippen LogP contribution in [-0.2, 0) is 14.8 Å². The monoisotopic (exact) mass is 445 g/mol. The second-order valence-electron chi connectivity index (χ2n) is 7.72. The molecule has 30 heavy (non-hydrogen) atoms. The molecule has 1 aromatic heterocycles. The number of sulfonamides is 1. The Bertz CT molecular complexity index is 1280. The van der Waals surface area contributed by atoms with Crippen LogP contribution in [0.2, 0.25) is 0 Å². The molecule has 0 aliphatic carbocycles. The summed E-state index contributed by atoms with van der Waals surface area (Å²) in [6, 6.07) is 8.08. The van der Waals surface area contributed by atoms with E-state index >= 15 is 0 Å². The molecule has 1 amide bonds. The fourth-order valence-electron chi connectivity index (χ4n) is 4.23. The Labute approximate surface area is 178 Å². The van der Waals surface area contributed by atoms with Crippen molar-refractivity contribution in [3.63, 3.8) is 0 Å². The van der Waals surface area contributed by atoms with Gasteiger partial charge < -0.3 is 10.3 Å². The molecule has 0 spiro atoms. The molecule has 0 radical (unpaired) electrons. The number of hydrogen-bond donors (Lipinski definition) is 2. The minimum atomic E-state index is -3.81. The van der Waals surface area contributed by atoms with Gasteiger partial charge in [-0.15, -0.1) is 0 Å². The van der Waals surface area contributed by atoms with Crippen molar-refractivity contribution in [1.82, 2.24) is 9.29 Å². The van der Waals surface area contributed by atoms with Crippen LogP contribution in [0.4, 0.5) is 5.69 Å². The highest BCUT2D eigenvalue weighted by Crippen LogP contribution is 2.31. The highest BCUT2D eigenvalue weighted by molar-refractivity contribution is 7.89. The molecule has 2 aromatic carbocycles. The lowest BCUT2D eigenvalue weighted by Crippen LogP contribution is -2.43. The molecule has 1 saturated heterocycles. The maximum absolute atomic E-state index is 13.4. The lowest BCUT2D eigenvalue weighted by Gasteiger charge is -2.25. The number of nitrogens with one attached hydrogen (secondary N) is 2. The van der Waals surface area contributed by atoms with Gasteiger partial charge in [-0.1, -0.05) is 29.0 Å². The average molecular weight is 446 g/mol. The minimum Gasteiger partial charge on any atom is -0.325 e. The van der Waals surface area contributed by atoms with Gasteiger partial charge in [-0.05, 0) is 62.9 Å². The second kappa shape index (κ2) is 7.64. The molecule has 1 fully saturated rings. The normalized spacial score (nSPS) is 17.5. The number of anilines is 1. The van der Waals surface area contributed by atoms with Crippen LogP contribution in [0.15, 0.2) is 40.0 Å². The number of H-pyrrole nitrogens is 1. The van der Waals surface area contributed by atoms with Crippen LogP contribution in [-0.4, -0.2) is 36.2 Å². The van der Waals surface area contributed by atoms with Crippen molar-refractivity contribution >= 4 is 43.2 Å². The Balaban J connectivity index is 1.62. The van der Waals surface area contributed by atoms with E-state index in [1.165, 1.54) is 4.31 Å². The molecule has 3 aromatic rings. The molecule has 0 saturated carbocycles. The first-order valence-electron chi connectivity index (χ1n) is 9.70. The molecule has 2 N–H and O–H groups in total. The largest absolute Gasteiger partial charge is 0.325 e. The second-order valence-corrected chi connectivity index (χ2v) is 10.6. The van der Waals surface area contributed by atoms with Crippen LogP contribution in [0, 0.1) is 20.8 Å². The van der Waals surface area contributed by atoms with Gasteiger partial charge in [0.1, 0.15) is 6.04 Å². The van der Waals surface area contributed by atoms with Crippen LogP contribution in [0.1, 0.15) is 29.5 Å². The number of carbonyl (C=O) groups is 1. The highest BCUT2D eigenvalue weighted by Gasteiger charge is 2.40. The predicted octanol–water partition coefficient (Wildman–Crippen LogP) is 3.31. The topological polar surface area (TPSA) is 99.3 Å². The fourth-order valence-corrected chi connectivity index (χ4v) is 7.08. The summed E-state index contributed by atoms with van der Waals surface area (Å²) in [5.74, 6) is -0.360. The van der Waals surface area contributed by atoms with E-state index < -0.39 is 16.1 Å². The zero-order valence-electron chi connectivity index (χ0n) is 17.0. The smallest absolute Gasteiger partial charge is 0.305 e. The zero-order valence-corrected chi connectivity index (χ0v) is 18.6. The number of amides is 1. The van der Waals surface area contributed by atoms with E-state index in [1.54, 1.807) is 32.0 Å². The summed E-state index contributed by atoms with van der Waals surface area (Å²) in [5.41, 5.74) is 3.62. The molecule has 2 heterocycles. The van der Waals surface area contributed by atoms with Gasteiger partial charge in [0, 0.05) is 12.2 Å². The highest BCUT2D eigenvalue weighted by atomic mass is 32.2. The number of aromatic amines is 1. The van der Waals surface area contributed by atoms with Gasteiger partial charge in [-0.25, -0.2) is 8.42 Å². The van der Waals surface area contributed by atoms with Gasteiger partial charge in [0.15, 0.2) is 0 Å². The Hall–Kier alpha value is -2.49. The predicted molar refractivity (Wildman–Crippen MR) is 119 cm³/mol. The molecular weight excluding hydrogens is 422 g/mol. The third kappa shape index (κ3) is 3.68. The third-order valence-electron chi connectivity index (χ3n) is 5.37. The van der Waals surface area contributed by atoms with Gasteiger partial charge in [0.05, 0.1) is 15.1 Å². The van der Waals surface area contributed by atoms with Crippen molar-refractivity contribution in [1.29, 1.82) is 0 Å². The molecule has 1 atom stereocenters. The van der Waals surface area contributed by atoms with Gasteiger partial charge in [-0.2, -0.15) is 4.31 Å². The number of hydrogen-bond acceptors (Lipinski definition) is 5. The van der Waals surface area contributed by atoms with Gasteiger partial charge >= 0.3 is 4.87 Å². The Morgan fingerprint density at radius 1 is 1.17 bits per heavy atom. The molecule has 0 bridgehead atoms. The van der Waals surface area contributed by atoms with Crippen LogP contribution >= 0.6 is 11.3 Å². The Morgan fingerprint density at radius 2 is 1.87 bits per heavy atom. The maximum Gasteiger partial charge on any atom is 0.305 e.